The standard InChI is InChI=1S/C41H24N4O/c42-25-26-14-16-28(17-15-26)36-24-35(27-8-2-1-3-9-27)43-41(44-36)29-18-20-38-33(22-29)31-10-4-6-12-37(31)45(38)30-19-21-40-34(23-30)32-11-5-7-13-39(32)46-40/h1-24H. The molecule has 3 heterocycles. The van der Waals surface area contributed by atoms with Crippen molar-refractivity contribution in [2.24, 2.45) is 0 Å². The summed E-state index contributed by atoms with van der Waals surface area (Å²) in [4.78, 5) is 10.1. The highest BCUT2D eigenvalue weighted by Gasteiger charge is 2.17. The molecule has 46 heavy (non-hydrogen) atoms. The lowest BCUT2D eigenvalue weighted by Gasteiger charge is -2.10. The number of furan rings is 1. The van der Waals surface area contributed by atoms with Crippen LogP contribution < -0.4 is 0 Å². The van der Waals surface area contributed by atoms with Crippen molar-refractivity contribution in [2.45, 2.75) is 0 Å². The van der Waals surface area contributed by atoms with Gasteiger partial charge in [0.2, 0.25) is 0 Å². The molecule has 9 rings (SSSR count). The maximum Gasteiger partial charge on any atom is 0.160 e. The summed E-state index contributed by atoms with van der Waals surface area (Å²) < 4.78 is 8.44. The van der Waals surface area contributed by atoms with Crippen molar-refractivity contribution in [2.75, 3.05) is 0 Å². The van der Waals surface area contributed by atoms with E-state index in [-0.39, 0.29) is 0 Å². The van der Waals surface area contributed by atoms with Gasteiger partial charge in [-0.25, -0.2) is 9.97 Å². The van der Waals surface area contributed by atoms with Gasteiger partial charge in [0.05, 0.1) is 34.1 Å². The van der Waals surface area contributed by atoms with Crippen LogP contribution in [0.15, 0.2) is 150 Å². The minimum Gasteiger partial charge on any atom is -0.456 e. The van der Waals surface area contributed by atoms with Gasteiger partial charge in [0, 0.05) is 43.9 Å². The van der Waals surface area contributed by atoms with E-state index in [0.29, 0.717) is 11.4 Å². The molecule has 0 aliphatic carbocycles. The van der Waals surface area contributed by atoms with Crippen LogP contribution in [0, 0.1) is 11.3 Å². The fourth-order valence-corrected chi connectivity index (χ4v) is 6.44. The topological polar surface area (TPSA) is 67.6 Å². The first-order valence-corrected chi connectivity index (χ1v) is 15.1. The predicted octanol–water partition coefficient (Wildman–Crippen LogP) is 10.3. The Bertz CT molecular complexity index is 2640. The Morgan fingerprint density at radius 3 is 1.96 bits per heavy atom. The summed E-state index contributed by atoms with van der Waals surface area (Å²) in [6.45, 7) is 0. The number of nitrogens with zero attached hydrogens (tertiary/aromatic N) is 4. The summed E-state index contributed by atoms with van der Waals surface area (Å²) in [5.74, 6) is 0.644. The molecule has 0 spiro atoms. The maximum absolute atomic E-state index is 9.32. The second kappa shape index (κ2) is 10.3. The molecule has 9 aromatic rings. The van der Waals surface area contributed by atoms with Crippen LogP contribution in [0.25, 0.3) is 83.3 Å². The van der Waals surface area contributed by atoms with Gasteiger partial charge in [0.25, 0.3) is 0 Å². The molecule has 0 aliphatic rings. The van der Waals surface area contributed by atoms with Crippen molar-refractivity contribution in [1.29, 1.82) is 5.26 Å². The van der Waals surface area contributed by atoms with Crippen molar-refractivity contribution >= 4 is 43.7 Å². The van der Waals surface area contributed by atoms with Crippen LogP contribution >= 0.6 is 0 Å². The molecule has 3 aromatic heterocycles. The van der Waals surface area contributed by atoms with E-state index >= 15 is 0 Å². The van der Waals surface area contributed by atoms with Crippen LogP contribution in [-0.4, -0.2) is 14.5 Å². The average Bonchev–Trinajstić information content (AvgIpc) is 3.67. The number of benzene rings is 6. The molecule has 6 aromatic carbocycles. The number of hydrogen-bond acceptors (Lipinski definition) is 4. The highest BCUT2D eigenvalue weighted by molar-refractivity contribution is 6.11. The highest BCUT2D eigenvalue weighted by Crippen LogP contribution is 2.37. The third kappa shape index (κ3) is 4.16. The van der Waals surface area contributed by atoms with Gasteiger partial charge in [0.15, 0.2) is 5.82 Å². The minimum atomic E-state index is 0.614. The Morgan fingerprint density at radius 1 is 0.500 bits per heavy atom. The first-order valence-electron chi connectivity index (χ1n) is 15.1. The first-order chi connectivity index (χ1) is 22.7. The normalized spacial score (nSPS) is 11.5. The van der Waals surface area contributed by atoms with E-state index in [1.54, 1.807) is 0 Å². The van der Waals surface area contributed by atoms with E-state index in [4.69, 9.17) is 14.4 Å². The van der Waals surface area contributed by atoms with Crippen molar-refractivity contribution in [3.8, 4) is 45.7 Å². The molecule has 0 fully saturated rings. The first kappa shape index (κ1) is 25.9. The minimum absolute atomic E-state index is 0.614. The molecular formula is C41H24N4O. The molecule has 0 saturated carbocycles. The van der Waals surface area contributed by atoms with Gasteiger partial charge in [-0.15, -0.1) is 0 Å². The summed E-state index contributed by atoms with van der Waals surface area (Å²) in [5.41, 5.74) is 10.2. The fraction of sp³-hybridized carbons (Fsp3) is 0. The number of fused-ring (bicyclic) bond motifs is 6. The van der Waals surface area contributed by atoms with Gasteiger partial charge in [0.1, 0.15) is 11.2 Å². The van der Waals surface area contributed by atoms with Crippen molar-refractivity contribution < 1.29 is 4.42 Å². The second-order valence-electron chi connectivity index (χ2n) is 11.4. The van der Waals surface area contributed by atoms with Crippen molar-refractivity contribution in [1.82, 2.24) is 14.5 Å². The van der Waals surface area contributed by atoms with E-state index in [0.717, 1.165) is 77.5 Å². The number of hydrogen-bond donors (Lipinski definition) is 0. The number of nitriles is 1. The second-order valence-corrected chi connectivity index (χ2v) is 11.4. The van der Waals surface area contributed by atoms with Crippen molar-refractivity contribution in [3.63, 3.8) is 0 Å². The van der Waals surface area contributed by atoms with Gasteiger partial charge in [-0.3, -0.25) is 0 Å². The molecule has 0 radical (unpaired) electrons. The van der Waals surface area contributed by atoms with E-state index in [2.05, 4.69) is 89.5 Å². The molecule has 5 nitrogen and oxygen atoms in total. The van der Waals surface area contributed by atoms with Crippen LogP contribution in [0.1, 0.15) is 5.56 Å². The van der Waals surface area contributed by atoms with E-state index < -0.39 is 0 Å². The molecule has 5 heteroatoms. The van der Waals surface area contributed by atoms with Gasteiger partial charge < -0.3 is 8.98 Å². The number of rotatable bonds is 4. The SMILES string of the molecule is N#Cc1ccc(-c2cc(-c3ccccc3)nc(-c3ccc4c(c3)c3ccccc3n4-c3ccc4oc5ccccc5c4c3)n2)cc1. The Kier molecular flexibility index (Phi) is 5.81. The summed E-state index contributed by atoms with van der Waals surface area (Å²) in [6.07, 6.45) is 0. The molecule has 0 unspecified atom stereocenters. The number of aromatic nitrogens is 3. The molecule has 0 saturated heterocycles. The lowest BCUT2D eigenvalue weighted by atomic mass is 10.0. The smallest absolute Gasteiger partial charge is 0.160 e. The predicted molar refractivity (Wildman–Crippen MR) is 185 cm³/mol. The van der Waals surface area contributed by atoms with Gasteiger partial charge in [-0.05, 0) is 66.7 Å². The Hall–Kier alpha value is -6.51. The van der Waals surface area contributed by atoms with Gasteiger partial charge in [-0.1, -0.05) is 78.9 Å². The summed E-state index contributed by atoms with van der Waals surface area (Å²) in [5, 5.41) is 13.8. The zero-order valence-corrected chi connectivity index (χ0v) is 24.6. The monoisotopic (exact) mass is 588 g/mol. The zero-order chi connectivity index (χ0) is 30.6. The Labute approximate surface area is 264 Å². The van der Waals surface area contributed by atoms with Crippen LogP contribution in [0.5, 0.6) is 0 Å². The van der Waals surface area contributed by atoms with Gasteiger partial charge in [-0.2, -0.15) is 5.26 Å². The largest absolute Gasteiger partial charge is 0.456 e. The van der Waals surface area contributed by atoms with Crippen LogP contribution in [0.4, 0.5) is 0 Å². The van der Waals surface area contributed by atoms with Crippen LogP contribution in [-0.2, 0) is 0 Å². The Balaban J connectivity index is 1.24. The van der Waals surface area contributed by atoms with Crippen LogP contribution in [0.2, 0.25) is 0 Å². The van der Waals surface area contributed by atoms with Crippen LogP contribution in [0.3, 0.4) is 0 Å². The summed E-state index contributed by atoms with van der Waals surface area (Å²) >= 11 is 0. The fourth-order valence-electron chi connectivity index (χ4n) is 6.44. The molecule has 214 valence electrons. The number of para-hydroxylation sites is 2. The lowest BCUT2D eigenvalue weighted by Crippen LogP contribution is -1.96. The van der Waals surface area contributed by atoms with Gasteiger partial charge >= 0.3 is 0 Å². The molecule has 0 amide bonds. The summed E-state index contributed by atoms with van der Waals surface area (Å²) in [6, 6.07) is 51.5. The maximum atomic E-state index is 9.32. The third-order valence-corrected chi connectivity index (χ3v) is 8.65. The summed E-state index contributed by atoms with van der Waals surface area (Å²) in [7, 11) is 0. The molecule has 0 atom stereocenters. The molecular weight excluding hydrogens is 564 g/mol. The lowest BCUT2D eigenvalue weighted by molar-refractivity contribution is 0.669. The highest BCUT2D eigenvalue weighted by atomic mass is 16.3. The quantitative estimate of drug-likeness (QED) is 0.205. The van der Waals surface area contributed by atoms with E-state index in [9.17, 15) is 5.26 Å². The molecule has 0 aliphatic heterocycles. The third-order valence-electron chi connectivity index (χ3n) is 8.65. The Morgan fingerprint density at radius 2 is 1.15 bits per heavy atom. The molecule has 0 N–H and O–H groups in total. The molecule has 0 bridgehead atoms. The van der Waals surface area contributed by atoms with Crippen molar-refractivity contribution in [3.05, 3.63) is 151 Å². The van der Waals surface area contributed by atoms with E-state index in [1.165, 1.54) is 0 Å². The zero-order valence-electron chi connectivity index (χ0n) is 24.6. The van der Waals surface area contributed by atoms with E-state index in [1.807, 2.05) is 66.7 Å². The average molecular weight is 589 g/mol.